The van der Waals surface area contributed by atoms with Crippen LogP contribution in [0.25, 0.3) is 17.1 Å². The molecule has 0 atom stereocenters. The van der Waals surface area contributed by atoms with Crippen molar-refractivity contribution in [1.82, 2.24) is 19.7 Å². The number of nitrogens with zero attached hydrogens (tertiary/aromatic N) is 4. The average Bonchev–Trinajstić information content (AvgIpc) is 3.14. The highest BCUT2D eigenvalue weighted by molar-refractivity contribution is 7.99. The van der Waals surface area contributed by atoms with E-state index in [4.69, 9.17) is 0 Å². The Morgan fingerprint density at radius 1 is 1.07 bits per heavy atom. The van der Waals surface area contributed by atoms with E-state index in [1.54, 1.807) is 24.9 Å². The molecule has 0 saturated heterocycles. The molecule has 0 aliphatic carbocycles. The molecule has 3 aromatic rings. The summed E-state index contributed by atoms with van der Waals surface area (Å²) in [4.78, 5) is 15.5. The molecule has 0 fully saturated rings. The predicted octanol–water partition coefficient (Wildman–Crippen LogP) is 4.92. The molecule has 0 saturated carbocycles. The van der Waals surface area contributed by atoms with Crippen LogP contribution in [0.1, 0.15) is 44.7 Å². The SMILES string of the molecule is CCc1cccc(CC)c1-n1c(SCCCC(C)=O)nnc1-c1cccnc1. The van der Waals surface area contributed by atoms with Crippen LogP contribution < -0.4 is 0 Å². The van der Waals surface area contributed by atoms with Crippen LogP contribution in [0.15, 0.2) is 47.9 Å². The quantitative estimate of drug-likeness (QED) is 0.381. The standard InChI is InChI=1S/C22H26N4OS/c1-4-17-10-6-11-18(5-2)20(17)26-21(19-12-7-13-23-15-19)24-25-22(26)28-14-8-9-16(3)27/h6-7,10-13,15H,4-5,8-9,14H2,1-3H3. The monoisotopic (exact) mass is 394 g/mol. The molecule has 146 valence electrons. The number of para-hydroxylation sites is 1. The maximum atomic E-state index is 11.3. The highest BCUT2D eigenvalue weighted by atomic mass is 32.2. The van der Waals surface area contributed by atoms with Gasteiger partial charge in [0.15, 0.2) is 11.0 Å². The summed E-state index contributed by atoms with van der Waals surface area (Å²) in [5.74, 6) is 1.86. The second kappa shape index (κ2) is 9.64. The molecule has 0 radical (unpaired) electrons. The number of ketones is 1. The first-order chi connectivity index (χ1) is 13.7. The van der Waals surface area contributed by atoms with Crippen LogP contribution in [-0.2, 0) is 17.6 Å². The summed E-state index contributed by atoms with van der Waals surface area (Å²) in [7, 11) is 0. The predicted molar refractivity (Wildman–Crippen MR) is 114 cm³/mol. The van der Waals surface area contributed by atoms with Gasteiger partial charge in [-0.15, -0.1) is 10.2 Å². The van der Waals surface area contributed by atoms with E-state index < -0.39 is 0 Å². The number of carbonyl (C=O) groups is 1. The lowest BCUT2D eigenvalue weighted by Crippen LogP contribution is -2.07. The van der Waals surface area contributed by atoms with E-state index in [1.165, 1.54) is 16.8 Å². The van der Waals surface area contributed by atoms with Gasteiger partial charge in [-0.2, -0.15) is 0 Å². The summed E-state index contributed by atoms with van der Waals surface area (Å²) in [6.07, 6.45) is 6.89. The van der Waals surface area contributed by atoms with Gasteiger partial charge in [-0.1, -0.05) is 43.8 Å². The molecule has 2 heterocycles. The summed E-state index contributed by atoms with van der Waals surface area (Å²) < 4.78 is 2.17. The molecule has 0 unspecified atom stereocenters. The fraction of sp³-hybridized carbons (Fsp3) is 0.364. The van der Waals surface area contributed by atoms with Gasteiger partial charge in [0.1, 0.15) is 5.78 Å². The number of rotatable bonds is 9. The molecule has 5 nitrogen and oxygen atoms in total. The third-order valence-corrected chi connectivity index (χ3v) is 5.66. The zero-order valence-electron chi connectivity index (χ0n) is 16.7. The van der Waals surface area contributed by atoms with Gasteiger partial charge in [0.2, 0.25) is 0 Å². The number of aromatic nitrogens is 4. The maximum Gasteiger partial charge on any atom is 0.196 e. The minimum atomic E-state index is 0.225. The van der Waals surface area contributed by atoms with Gasteiger partial charge in [0.25, 0.3) is 0 Å². The first kappa shape index (κ1) is 20.3. The highest BCUT2D eigenvalue weighted by Gasteiger charge is 2.20. The van der Waals surface area contributed by atoms with E-state index in [9.17, 15) is 4.79 Å². The van der Waals surface area contributed by atoms with E-state index in [0.29, 0.717) is 6.42 Å². The Morgan fingerprint density at radius 2 is 1.82 bits per heavy atom. The van der Waals surface area contributed by atoms with Crippen molar-refractivity contribution in [2.45, 2.75) is 51.6 Å². The molecular formula is C22H26N4OS. The topological polar surface area (TPSA) is 60.7 Å². The van der Waals surface area contributed by atoms with Crippen LogP contribution >= 0.6 is 11.8 Å². The van der Waals surface area contributed by atoms with E-state index in [0.717, 1.165) is 41.6 Å². The Kier molecular flexibility index (Phi) is 6.98. The zero-order chi connectivity index (χ0) is 19.9. The number of pyridine rings is 1. The maximum absolute atomic E-state index is 11.3. The summed E-state index contributed by atoms with van der Waals surface area (Å²) >= 11 is 1.65. The number of aryl methyl sites for hydroxylation is 2. The van der Waals surface area contributed by atoms with Gasteiger partial charge in [-0.25, -0.2) is 0 Å². The van der Waals surface area contributed by atoms with Crippen molar-refractivity contribution in [3.63, 3.8) is 0 Å². The van der Waals surface area contributed by atoms with Crippen molar-refractivity contribution in [3.05, 3.63) is 53.9 Å². The zero-order valence-corrected chi connectivity index (χ0v) is 17.5. The molecule has 0 aliphatic rings. The number of carbonyl (C=O) groups excluding carboxylic acids is 1. The molecule has 2 aromatic heterocycles. The summed E-state index contributed by atoms with van der Waals surface area (Å²) in [5.41, 5.74) is 4.66. The Morgan fingerprint density at radius 3 is 2.43 bits per heavy atom. The van der Waals surface area contributed by atoms with Gasteiger partial charge in [-0.3, -0.25) is 9.55 Å². The number of hydrogen-bond donors (Lipinski definition) is 0. The van der Waals surface area contributed by atoms with Crippen molar-refractivity contribution in [2.24, 2.45) is 0 Å². The molecule has 0 aliphatic heterocycles. The number of Topliss-reactive ketones (excluding diaryl/α,β-unsaturated/α-hetero) is 1. The minimum Gasteiger partial charge on any atom is -0.300 e. The number of thioether (sulfide) groups is 1. The largest absolute Gasteiger partial charge is 0.300 e. The van der Waals surface area contributed by atoms with Crippen molar-refractivity contribution >= 4 is 17.5 Å². The molecule has 0 spiro atoms. The molecule has 1 aromatic carbocycles. The third kappa shape index (κ3) is 4.50. The smallest absolute Gasteiger partial charge is 0.196 e. The van der Waals surface area contributed by atoms with Crippen LogP contribution in [0.5, 0.6) is 0 Å². The van der Waals surface area contributed by atoms with E-state index >= 15 is 0 Å². The van der Waals surface area contributed by atoms with Crippen LogP contribution in [0.2, 0.25) is 0 Å². The molecular weight excluding hydrogens is 368 g/mol. The fourth-order valence-electron chi connectivity index (χ4n) is 3.23. The molecule has 6 heteroatoms. The van der Waals surface area contributed by atoms with Gasteiger partial charge in [0, 0.05) is 30.1 Å². The second-order valence-electron chi connectivity index (χ2n) is 6.67. The Hall–Kier alpha value is -2.47. The lowest BCUT2D eigenvalue weighted by atomic mass is 10.0. The van der Waals surface area contributed by atoms with Crippen molar-refractivity contribution in [3.8, 4) is 17.1 Å². The van der Waals surface area contributed by atoms with E-state index in [1.807, 2.05) is 18.3 Å². The van der Waals surface area contributed by atoms with Crippen molar-refractivity contribution < 1.29 is 4.79 Å². The Labute approximate surface area is 170 Å². The first-order valence-electron chi connectivity index (χ1n) is 9.74. The van der Waals surface area contributed by atoms with Crippen molar-refractivity contribution in [1.29, 1.82) is 0 Å². The van der Waals surface area contributed by atoms with Gasteiger partial charge in [0.05, 0.1) is 5.69 Å². The number of hydrogen-bond acceptors (Lipinski definition) is 5. The fourth-order valence-corrected chi connectivity index (χ4v) is 4.11. The minimum absolute atomic E-state index is 0.225. The van der Waals surface area contributed by atoms with Crippen molar-refractivity contribution in [2.75, 3.05) is 5.75 Å². The Bertz CT molecular complexity index is 915. The number of benzene rings is 1. The van der Waals surface area contributed by atoms with Crippen LogP contribution in [0.4, 0.5) is 0 Å². The summed E-state index contributed by atoms with van der Waals surface area (Å²) in [6.45, 7) is 5.98. The molecule has 0 bridgehead atoms. The highest BCUT2D eigenvalue weighted by Crippen LogP contribution is 2.32. The van der Waals surface area contributed by atoms with Gasteiger partial charge in [-0.05, 0) is 49.4 Å². The van der Waals surface area contributed by atoms with Gasteiger partial charge >= 0.3 is 0 Å². The molecule has 3 rings (SSSR count). The summed E-state index contributed by atoms with van der Waals surface area (Å²) in [5, 5.41) is 9.87. The third-order valence-electron chi connectivity index (χ3n) is 4.65. The lowest BCUT2D eigenvalue weighted by molar-refractivity contribution is -0.117. The van der Waals surface area contributed by atoms with Crippen LogP contribution in [0, 0.1) is 0 Å². The average molecular weight is 395 g/mol. The summed E-state index contributed by atoms with van der Waals surface area (Å²) in [6, 6.07) is 10.4. The van der Waals surface area contributed by atoms with Gasteiger partial charge < -0.3 is 4.79 Å². The van der Waals surface area contributed by atoms with E-state index in [-0.39, 0.29) is 5.78 Å². The van der Waals surface area contributed by atoms with Crippen LogP contribution in [-0.4, -0.2) is 31.3 Å². The normalized spacial score (nSPS) is 11.0. The molecule has 28 heavy (non-hydrogen) atoms. The Balaban J connectivity index is 2.09. The van der Waals surface area contributed by atoms with Crippen LogP contribution in [0.3, 0.4) is 0 Å². The lowest BCUT2D eigenvalue weighted by Gasteiger charge is -2.17. The van der Waals surface area contributed by atoms with E-state index in [2.05, 4.69) is 51.8 Å². The molecule has 0 amide bonds. The first-order valence-corrected chi connectivity index (χ1v) is 10.7. The molecule has 0 N–H and O–H groups in total. The second-order valence-corrected chi connectivity index (χ2v) is 7.73.